The second-order valence-electron chi connectivity index (χ2n) is 8.22. The van der Waals surface area contributed by atoms with Crippen molar-refractivity contribution < 1.29 is 9.59 Å². The number of carbonyl (C=O) groups excluding carboxylic acids is 2. The largest absolute Gasteiger partial charge is 0.364 e. The van der Waals surface area contributed by atoms with Crippen molar-refractivity contribution in [3.05, 3.63) is 52.7 Å². The molecule has 1 saturated heterocycles. The van der Waals surface area contributed by atoms with Crippen molar-refractivity contribution in [2.75, 3.05) is 4.90 Å². The Hall–Kier alpha value is -1.94. The normalized spacial score (nSPS) is 33.5. The number of thiophene rings is 1. The van der Waals surface area contributed by atoms with E-state index in [2.05, 4.69) is 46.7 Å². The minimum Gasteiger partial charge on any atom is -0.364 e. The third-order valence-electron chi connectivity index (χ3n) is 6.93. The minimum absolute atomic E-state index is 0.116. The van der Waals surface area contributed by atoms with Gasteiger partial charge in [-0.1, -0.05) is 37.1 Å². The number of anilines is 1. The molecule has 27 heavy (non-hydrogen) atoms. The first-order valence-corrected chi connectivity index (χ1v) is 11.1. The number of fused-ring (bicyclic) bond motifs is 2. The predicted molar refractivity (Wildman–Crippen MR) is 108 cm³/mol. The van der Waals surface area contributed by atoms with E-state index < -0.39 is 0 Å². The summed E-state index contributed by atoms with van der Waals surface area (Å²) < 4.78 is 0. The number of carbonyl (C=O) groups is 2. The molecule has 0 spiro atoms. The fourth-order valence-electron chi connectivity index (χ4n) is 5.93. The van der Waals surface area contributed by atoms with Crippen molar-refractivity contribution in [2.24, 2.45) is 11.8 Å². The van der Waals surface area contributed by atoms with Gasteiger partial charge in [0.05, 0.1) is 5.92 Å². The lowest BCUT2D eigenvalue weighted by molar-refractivity contribution is -0.143. The van der Waals surface area contributed by atoms with Gasteiger partial charge in [-0.05, 0) is 48.8 Å². The van der Waals surface area contributed by atoms with Crippen LogP contribution in [-0.2, 0) is 9.59 Å². The summed E-state index contributed by atoms with van der Waals surface area (Å²) in [6, 6.07) is 15.5. The molecule has 2 saturated carbocycles. The first-order chi connectivity index (χ1) is 13.3. The van der Waals surface area contributed by atoms with Crippen molar-refractivity contribution in [1.29, 1.82) is 0 Å². The number of para-hydroxylation sites is 1. The van der Waals surface area contributed by atoms with Gasteiger partial charge in [0, 0.05) is 35.0 Å². The number of Topliss-reactive ketones (excluding diaryl/α,β-unsaturated/α-hetero) is 2. The van der Waals surface area contributed by atoms with Crippen LogP contribution in [0.1, 0.15) is 49.3 Å². The zero-order valence-corrected chi connectivity index (χ0v) is 16.2. The molecule has 2 heterocycles. The zero-order valence-electron chi connectivity index (χ0n) is 15.4. The fraction of sp³-hybridized carbons (Fsp3) is 0.478. The van der Waals surface area contributed by atoms with E-state index in [1.807, 2.05) is 6.07 Å². The van der Waals surface area contributed by atoms with Crippen molar-refractivity contribution >= 4 is 28.6 Å². The Kier molecular flexibility index (Phi) is 4.39. The molecule has 4 heteroatoms. The molecule has 0 N–H and O–H groups in total. The van der Waals surface area contributed by atoms with Crippen LogP contribution in [0.15, 0.2) is 47.8 Å². The first-order valence-electron chi connectivity index (χ1n) is 10.2. The van der Waals surface area contributed by atoms with Crippen LogP contribution in [0.25, 0.3) is 0 Å². The molecule has 140 valence electrons. The molecule has 3 fully saturated rings. The van der Waals surface area contributed by atoms with Crippen LogP contribution in [0.4, 0.5) is 5.69 Å². The second kappa shape index (κ2) is 6.90. The van der Waals surface area contributed by atoms with Crippen molar-refractivity contribution in [2.45, 2.75) is 56.5 Å². The molecule has 0 radical (unpaired) electrons. The molecular weight excluding hydrogens is 354 g/mol. The zero-order chi connectivity index (χ0) is 18.4. The summed E-state index contributed by atoms with van der Waals surface area (Å²) in [5, 5.41) is 2.11. The molecule has 2 aromatic rings. The Balaban J connectivity index is 1.65. The highest BCUT2D eigenvalue weighted by molar-refractivity contribution is 7.10. The van der Waals surface area contributed by atoms with Crippen molar-refractivity contribution in [3.63, 3.8) is 0 Å². The Labute approximate surface area is 164 Å². The summed E-state index contributed by atoms with van der Waals surface area (Å²) in [5.74, 6) is 0.199. The summed E-state index contributed by atoms with van der Waals surface area (Å²) >= 11 is 1.76. The molecule has 5 rings (SSSR count). The van der Waals surface area contributed by atoms with Gasteiger partial charge in [-0.15, -0.1) is 11.3 Å². The molecule has 1 aromatic carbocycles. The smallest absolute Gasteiger partial charge is 0.204 e. The summed E-state index contributed by atoms with van der Waals surface area (Å²) in [5.41, 5.74) is 1.22. The van der Waals surface area contributed by atoms with E-state index in [-0.39, 0.29) is 29.4 Å². The molecule has 0 amide bonds. The van der Waals surface area contributed by atoms with Gasteiger partial charge in [0.25, 0.3) is 0 Å². The van der Waals surface area contributed by atoms with E-state index in [0.29, 0.717) is 18.4 Å². The molecule has 1 aromatic heterocycles. The van der Waals surface area contributed by atoms with E-state index in [4.69, 9.17) is 0 Å². The summed E-state index contributed by atoms with van der Waals surface area (Å²) in [7, 11) is 0. The van der Waals surface area contributed by atoms with Gasteiger partial charge in [-0.25, -0.2) is 0 Å². The van der Waals surface area contributed by atoms with Gasteiger partial charge in [0.2, 0.25) is 5.78 Å². The third kappa shape index (κ3) is 2.77. The number of rotatable bonds is 2. The second-order valence-corrected chi connectivity index (χ2v) is 9.20. The van der Waals surface area contributed by atoms with Gasteiger partial charge < -0.3 is 4.90 Å². The average Bonchev–Trinajstić information content (AvgIpc) is 3.24. The first kappa shape index (κ1) is 17.2. The quantitative estimate of drug-likeness (QED) is 0.702. The number of ketones is 2. The molecule has 3 aliphatic rings. The Morgan fingerprint density at radius 2 is 1.67 bits per heavy atom. The Morgan fingerprint density at radius 3 is 2.44 bits per heavy atom. The lowest BCUT2D eigenvalue weighted by Crippen LogP contribution is -2.63. The minimum atomic E-state index is -0.190. The van der Waals surface area contributed by atoms with Gasteiger partial charge >= 0.3 is 0 Å². The maximum Gasteiger partial charge on any atom is 0.204 e. The molecule has 5 unspecified atom stereocenters. The fourth-order valence-corrected chi connectivity index (χ4v) is 6.88. The number of nitrogens with zero attached hydrogens (tertiary/aromatic N) is 1. The summed E-state index contributed by atoms with van der Waals surface area (Å²) in [4.78, 5) is 29.4. The highest BCUT2D eigenvalue weighted by Gasteiger charge is 2.55. The number of hydrogen-bond donors (Lipinski definition) is 0. The molecule has 2 aliphatic carbocycles. The highest BCUT2D eigenvalue weighted by Crippen LogP contribution is 2.53. The lowest BCUT2D eigenvalue weighted by atomic mass is 9.60. The van der Waals surface area contributed by atoms with E-state index in [9.17, 15) is 9.59 Å². The van der Waals surface area contributed by atoms with E-state index in [1.54, 1.807) is 11.3 Å². The average molecular weight is 380 g/mol. The van der Waals surface area contributed by atoms with Crippen LogP contribution in [0, 0.1) is 11.8 Å². The van der Waals surface area contributed by atoms with E-state index in [0.717, 1.165) is 12.8 Å². The van der Waals surface area contributed by atoms with Crippen molar-refractivity contribution in [3.8, 4) is 0 Å². The number of piperidine rings is 1. The number of hydrogen-bond acceptors (Lipinski definition) is 4. The van der Waals surface area contributed by atoms with Gasteiger partial charge in [0.15, 0.2) is 5.78 Å². The lowest BCUT2D eigenvalue weighted by Gasteiger charge is -2.57. The van der Waals surface area contributed by atoms with Crippen LogP contribution < -0.4 is 4.90 Å². The Morgan fingerprint density at radius 1 is 0.852 bits per heavy atom. The van der Waals surface area contributed by atoms with Crippen molar-refractivity contribution in [1.82, 2.24) is 0 Å². The predicted octanol–water partition coefficient (Wildman–Crippen LogP) is 4.83. The maximum absolute atomic E-state index is 13.1. The molecule has 3 nitrogen and oxygen atoms in total. The molecule has 5 atom stereocenters. The van der Waals surface area contributed by atoms with Crippen LogP contribution in [-0.4, -0.2) is 23.7 Å². The highest BCUT2D eigenvalue weighted by atomic mass is 32.1. The molecular formula is C23H25NO2S. The SMILES string of the molecule is O=C1CCC2C(C1=O)C(c1cccs1)C1CCCCC1N2c1ccccc1. The Bertz CT molecular complexity index is 831. The maximum atomic E-state index is 13.1. The van der Waals surface area contributed by atoms with Crippen LogP contribution >= 0.6 is 11.3 Å². The summed E-state index contributed by atoms with van der Waals surface area (Å²) in [6.07, 6.45) is 6.03. The van der Waals surface area contributed by atoms with Gasteiger partial charge in [-0.2, -0.15) is 0 Å². The van der Waals surface area contributed by atoms with E-state index >= 15 is 0 Å². The van der Waals surface area contributed by atoms with Crippen LogP contribution in [0.3, 0.4) is 0 Å². The number of benzene rings is 1. The van der Waals surface area contributed by atoms with Gasteiger partial charge in [0.1, 0.15) is 0 Å². The summed E-state index contributed by atoms with van der Waals surface area (Å²) in [6.45, 7) is 0. The monoisotopic (exact) mass is 379 g/mol. The van der Waals surface area contributed by atoms with E-state index in [1.165, 1.54) is 29.8 Å². The van der Waals surface area contributed by atoms with Crippen LogP contribution in [0.5, 0.6) is 0 Å². The van der Waals surface area contributed by atoms with Crippen LogP contribution in [0.2, 0.25) is 0 Å². The van der Waals surface area contributed by atoms with Gasteiger partial charge in [-0.3, -0.25) is 9.59 Å². The topological polar surface area (TPSA) is 37.4 Å². The standard InChI is InChI=1S/C23H25NO2S/c25-19-13-12-18-22(23(19)26)21(20-11-6-14-27-20)16-9-4-5-10-17(16)24(18)15-7-2-1-3-8-15/h1-3,6-8,11,14,16-18,21-22H,4-5,9-10,12-13H2. The molecule has 0 bridgehead atoms. The molecule has 1 aliphatic heterocycles. The third-order valence-corrected chi connectivity index (χ3v) is 7.90.